The average Bonchev–Trinajstić information content (AvgIpc) is 2.92. The van der Waals surface area contributed by atoms with Crippen LogP contribution >= 0.6 is 0 Å². The first-order valence-corrected chi connectivity index (χ1v) is 5.96. The molecule has 20 heavy (non-hydrogen) atoms. The van der Waals surface area contributed by atoms with Gasteiger partial charge in [0.25, 0.3) is 11.4 Å². The van der Waals surface area contributed by atoms with Crippen LogP contribution in [-0.4, -0.2) is 28.3 Å². The molecule has 1 heterocycles. The van der Waals surface area contributed by atoms with Gasteiger partial charge in [-0.3, -0.25) is 25.0 Å². The van der Waals surface area contributed by atoms with Gasteiger partial charge in [-0.2, -0.15) is 0 Å². The first-order chi connectivity index (χ1) is 9.49. The van der Waals surface area contributed by atoms with Gasteiger partial charge in [0.1, 0.15) is 5.69 Å². The Balaban J connectivity index is 2.24. The lowest BCUT2D eigenvalue weighted by molar-refractivity contribution is -0.393. The van der Waals surface area contributed by atoms with Crippen molar-refractivity contribution in [3.8, 4) is 0 Å². The first kappa shape index (κ1) is 13.9. The molecule has 1 unspecified atom stereocenters. The van der Waals surface area contributed by atoms with Crippen molar-refractivity contribution in [2.45, 2.75) is 18.9 Å². The highest BCUT2D eigenvalue weighted by Gasteiger charge is 2.26. The first-order valence-electron chi connectivity index (χ1n) is 5.96. The fraction of sp³-hybridized carbons (Fsp3) is 0.364. The van der Waals surface area contributed by atoms with Crippen LogP contribution in [0.15, 0.2) is 18.2 Å². The third-order valence-electron chi connectivity index (χ3n) is 3.02. The van der Waals surface area contributed by atoms with E-state index in [9.17, 15) is 25.0 Å². The van der Waals surface area contributed by atoms with E-state index < -0.39 is 21.2 Å². The summed E-state index contributed by atoms with van der Waals surface area (Å²) in [5.41, 5.74) is -0.932. The number of carbonyl (C=O) groups excluding carboxylic acids is 1. The van der Waals surface area contributed by atoms with Gasteiger partial charge in [0.15, 0.2) is 0 Å². The van der Waals surface area contributed by atoms with Crippen LogP contribution in [0.2, 0.25) is 0 Å². The van der Waals surface area contributed by atoms with E-state index in [1.807, 2.05) is 0 Å². The summed E-state index contributed by atoms with van der Waals surface area (Å²) in [4.78, 5) is 31.9. The molecule has 2 rings (SSSR count). The van der Waals surface area contributed by atoms with Crippen LogP contribution in [0.1, 0.15) is 12.8 Å². The highest BCUT2D eigenvalue weighted by Crippen LogP contribution is 2.29. The Hall–Kier alpha value is -2.55. The Kier molecular flexibility index (Phi) is 3.89. The van der Waals surface area contributed by atoms with Crippen molar-refractivity contribution < 1.29 is 14.6 Å². The molecule has 1 fully saturated rings. The molecular formula is C11H12N4O5. The number of nitrogens with zero attached hydrogens (tertiary/aromatic N) is 2. The van der Waals surface area contributed by atoms with Gasteiger partial charge in [0.05, 0.1) is 22.0 Å². The fourth-order valence-corrected chi connectivity index (χ4v) is 2.02. The molecule has 1 saturated heterocycles. The van der Waals surface area contributed by atoms with Crippen molar-refractivity contribution >= 4 is 23.0 Å². The summed E-state index contributed by atoms with van der Waals surface area (Å²) in [6, 6.07) is 2.73. The molecule has 106 valence electrons. The lowest BCUT2D eigenvalue weighted by atomic mass is 10.2. The number of non-ortho nitro benzene ring substituents is 1. The summed E-state index contributed by atoms with van der Waals surface area (Å²) < 4.78 is 0. The second-order valence-corrected chi connectivity index (χ2v) is 4.35. The number of nitro benzene ring substituents is 2. The van der Waals surface area contributed by atoms with Crippen LogP contribution in [0, 0.1) is 20.2 Å². The molecule has 0 spiro atoms. The summed E-state index contributed by atoms with van der Waals surface area (Å²) in [5, 5.41) is 26.9. The normalized spacial score (nSPS) is 17.7. The summed E-state index contributed by atoms with van der Waals surface area (Å²) in [6.45, 7) is 0.723. The Morgan fingerprint density at radius 3 is 2.60 bits per heavy atom. The van der Waals surface area contributed by atoms with Gasteiger partial charge in [-0.05, 0) is 25.5 Å². The molecule has 2 N–H and O–H groups in total. The monoisotopic (exact) mass is 280 g/mol. The van der Waals surface area contributed by atoms with Gasteiger partial charge >= 0.3 is 0 Å². The molecule has 0 aromatic heterocycles. The van der Waals surface area contributed by atoms with Crippen LogP contribution < -0.4 is 10.6 Å². The third kappa shape index (κ3) is 2.88. The van der Waals surface area contributed by atoms with Crippen molar-refractivity contribution in [2.24, 2.45) is 0 Å². The number of hydrogen-bond acceptors (Lipinski definition) is 6. The Morgan fingerprint density at radius 2 is 2.05 bits per heavy atom. The van der Waals surface area contributed by atoms with E-state index in [4.69, 9.17) is 0 Å². The maximum absolute atomic E-state index is 11.9. The van der Waals surface area contributed by atoms with E-state index in [0.29, 0.717) is 6.42 Å². The second kappa shape index (κ2) is 5.61. The standard InChI is InChI=1S/C11H12N4O5/c16-11(9-2-1-5-12-9)13-8-4-3-7(14(17)18)6-10(8)15(19)20/h3-4,6,9,12H,1-2,5H2,(H,13,16). The Labute approximate surface area is 113 Å². The lowest BCUT2D eigenvalue weighted by Gasteiger charge is -2.11. The van der Waals surface area contributed by atoms with Crippen LogP contribution in [0.4, 0.5) is 17.1 Å². The predicted molar refractivity (Wildman–Crippen MR) is 69.4 cm³/mol. The minimum absolute atomic E-state index is 0.0423. The summed E-state index contributed by atoms with van der Waals surface area (Å²) in [5.74, 6) is -0.376. The second-order valence-electron chi connectivity index (χ2n) is 4.35. The molecule has 0 aliphatic carbocycles. The average molecular weight is 280 g/mol. The Bertz CT molecular complexity index is 568. The van der Waals surface area contributed by atoms with Crippen LogP contribution in [-0.2, 0) is 4.79 Å². The molecule has 0 radical (unpaired) electrons. The molecule has 0 saturated carbocycles. The Morgan fingerprint density at radius 1 is 1.30 bits per heavy atom. The van der Waals surface area contributed by atoms with Crippen molar-refractivity contribution in [3.63, 3.8) is 0 Å². The van der Waals surface area contributed by atoms with Crippen molar-refractivity contribution in [1.82, 2.24) is 5.32 Å². The van der Waals surface area contributed by atoms with Gasteiger partial charge in [0.2, 0.25) is 5.91 Å². The van der Waals surface area contributed by atoms with E-state index in [1.165, 1.54) is 6.07 Å². The largest absolute Gasteiger partial charge is 0.319 e. The molecule has 9 nitrogen and oxygen atoms in total. The lowest BCUT2D eigenvalue weighted by Crippen LogP contribution is -2.35. The third-order valence-corrected chi connectivity index (χ3v) is 3.02. The fourth-order valence-electron chi connectivity index (χ4n) is 2.02. The van der Waals surface area contributed by atoms with Gasteiger partial charge in [0, 0.05) is 6.07 Å². The van der Waals surface area contributed by atoms with Crippen LogP contribution in [0.3, 0.4) is 0 Å². The number of rotatable bonds is 4. The number of nitro groups is 2. The van der Waals surface area contributed by atoms with Crippen molar-refractivity contribution in [3.05, 3.63) is 38.4 Å². The molecule has 1 atom stereocenters. The van der Waals surface area contributed by atoms with Gasteiger partial charge in [-0.15, -0.1) is 0 Å². The van der Waals surface area contributed by atoms with Gasteiger partial charge < -0.3 is 10.6 Å². The summed E-state index contributed by atoms with van der Waals surface area (Å²) in [7, 11) is 0. The topological polar surface area (TPSA) is 127 Å². The molecule has 1 aliphatic rings. The molecule has 0 bridgehead atoms. The van der Waals surface area contributed by atoms with E-state index in [1.54, 1.807) is 0 Å². The van der Waals surface area contributed by atoms with Gasteiger partial charge in [-0.1, -0.05) is 0 Å². The quantitative estimate of drug-likeness (QED) is 0.630. The maximum Gasteiger partial charge on any atom is 0.299 e. The number of anilines is 1. The molecule has 1 aromatic rings. The number of hydrogen-bond donors (Lipinski definition) is 2. The number of carbonyl (C=O) groups is 1. The van der Waals surface area contributed by atoms with E-state index >= 15 is 0 Å². The number of benzene rings is 1. The van der Waals surface area contributed by atoms with Gasteiger partial charge in [-0.25, -0.2) is 0 Å². The van der Waals surface area contributed by atoms with E-state index in [-0.39, 0.29) is 17.6 Å². The molecule has 1 amide bonds. The minimum Gasteiger partial charge on any atom is -0.319 e. The zero-order valence-corrected chi connectivity index (χ0v) is 10.4. The van der Waals surface area contributed by atoms with E-state index in [0.717, 1.165) is 25.1 Å². The van der Waals surface area contributed by atoms with Crippen LogP contribution in [0.5, 0.6) is 0 Å². The molecule has 9 heteroatoms. The van der Waals surface area contributed by atoms with Crippen molar-refractivity contribution in [2.75, 3.05) is 11.9 Å². The molecule has 1 aliphatic heterocycles. The summed E-state index contributed by atoms with van der Waals surface area (Å²) in [6.07, 6.45) is 1.52. The minimum atomic E-state index is -0.759. The highest BCUT2D eigenvalue weighted by molar-refractivity contribution is 5.97. The van der Waals surface area contributed by atoms with E-state index in [2.05, 4.69) is 10.6 Å². The van der Waals surface area contributed by atoms with Crippen molar-refractivity contribution in [1.29, 1.82) is 0 Å². The zero-order valence-electron chi connectivity index (χ0n) is 10.4. The molecule has 1 aromatic carbocycles. The summed E-state index contributed by atoms with van der Waals surface area (Å²) >= 11 is 0. The number of amides is 1. The smallest absolute Gasteiger partial charge is 0.299 e. The zero-order chi connectivity index (χ0) is 14.7. The predicted octanol–water partition coefficient (Wildman–Crippen LogP) is 1.19. The molecular weight excluding hydrogens is 268 g/mol. The number of nitrogens with one attached hydrogen (secondary N) is 2. The SMILES string of the molecule is O=C(Nc1ccc([N+](=O)[O-])cc1[N+](=O)[O-])C1CCCN1. The highest BCUT2D eigenvalue weighted by atomic mass is 16.6. The van der Waals surface area contributed by atoms with Crippen LogP contribution in [0.25, 0.3) is 0 Å². The maximum atomic E-state index is 11.9.